The molecule has 146 valence electrons. The van der Waals surface area contributed by atoms with E-state index in [0.717, 1.165) is 0 Å². The molecule has 2 aromatic carbocycles. The van der Waals surface area contributed by atoms with Gasteiger partial charge in [0.1, 0.15) is 11.7 Å². The molecule has 0 spiro atoms. The number of carbonyl (C=O) groups is 2. The molecule has 0 aliphatic carbocycles. The molecule has 0 aromatic heterocycles. The van der Waals surface area contributed by atoms with Gasteiger partial charge in [-0.2, -0.15) is 0 Å². The third-order valence-corrected chi connectivity index (χ3v) is 4.82. The predicted molar refractivity (Wildman–Crippen MR) is 101 cm³/mol. The number of rotatable bonds is 4. The van der Waals surface area contributed by atoms with Crippen LogP contribution in [0.2, 0.25) is 0 Å². The van der Waals surface area contributed by atoms with Gasteiger partial charge in [-0.05, 0) is 31.2 Å². The lowest BCUT2D eigenvalue weighted by Gasteiger charge is -2.23. The van der Waals surface area contributed by atoms with Crippen LogP contribution in [0, 0.1) is 11.7 Å². The number of amides is 1. The van der Waals surface area contributed by atoms with Gasteiger partial charge in [-0.25, -0.2) is 4.39 Å². The Kier molecular flexibility index (Phi) is 5.35. The van der Waals surface area contributed by atoms with Crippen LogP contribution in [0.4, 0.5) is 10.1 Å². The van der Waals surface area contributed by atoms with Crippen LogP contribution in [0.1, 0.15) is 12.5 Å². The Morgan fingerprint density at radius 2 is 1.89 bits per heavy atom. The summed E-state index contributed by atoms with van der Waals surface area (Å²) in [6, 6.07) is 9.99. The molecule has 0 saturated carbocycles. The van der Waals surface area contributed by atoms with Crippen LogP contribution >= 0.6 is 0 Å². The first kappa shape index (κ1) is 19.4. The van der Waals surface area contributed by atoms with Crippen molar-refractivity contribution in [1.82, 2.24) is 0 Å². The number of hydrogen-bond acceptors (Lipinski definition) is 5. The summed E-state index contributed by atoms with van der Waals surface area (Å²) in [4.78, 5) is 26.8. The number of methoxy groups -OCH3 is 2. The summed E-state index contributed by atoms with van der Waals surface area (Å²) in [5.74, 6) is -2.60. The molecule has 1 fully saturated rings. The average Bonchev–Trinajstić information content (AvgIpc) is 2.93. The molecule has 2 aromatic rings. The molecule has 6 nitrogen and oxygen atoms in total. The number of para-hydroxylation sites is 2. The molecule has 7 heteroatoms. The van der Waals surface area contributed by atoms with Gasteiger partial charge in [0.15, 0.2) is 11.5 Å². The summed E-state index contributed by atoms with van der Waals surface area (Å²) in [7, 11) is 2.64. The minimum Gasteiger partial charge on any atom is -0.504 e. The summed E-state index contributed by atoms with van der Waals surface area (Å²) in [6.45, 7) is 1.65. The first-order valence-electron chi connectivity index (χ1n) is 8.64. The zero-order chi connectivity index (χ0) is 20.4. The molecule has 1 aliphatic heterocycles. The summed E-state index contributed by atoms with van der Waals surface area (Å²) in [5, 5.41) is 10.3. The molecule has 1 amide bonds. The Labute approximate surface area is 161 Å². The number of halogens is 1. The van der Waals surface area contributed by atoms with Crippen LogP contribution < -0.4 is 9.64 Å². The average molecular weight is 385 g/mol. The lowest BCUT2D eigenvalue weighted by molar-refractivity contribution is -0.144. The van der Waals surface area contributed by atoms with E-state index in [0.29, 0.717) is 5.56 Å². The Hall–Kier alpha value is -3.35. The van der Waals surface area contributed by atoms with Crippen molar-refractivity contribution in [3.8, 4) is 11.5 Å². The SMILES string of the molecule is COC(=O)C1/C(=C/c2cccc(OC)c2O)C(=O)N(c2ccccc2F)C1C. The summed E-state index contributed by atoms with van der Waals surface area (Å²) >= 11 is 0. The molecule has 0 bridgehead atoms. The van der Waals surface area contributed by atoms with Gasteiger partial charge >= 0.3 is 5.97 Å². The fraction of sp³-hybridized carbons (Fsp3) is 0.238. The monoisotopic (exact) mass is 385 g/mol. The number of aromatic hydroxyl groups is 1. The molecule has 1 saturated heterocycles. The number of phenolic OH excluding ortho intramolecular Hbond substituents is 1. The smallest absolute Gasteiger partial charge is 0.315 e. The highest BCUT2D eigenvalue weighted by molar-refractivity contribution is 6.15. The predicted octanol–water partition coefficient (Wildman–Crippen LogP) is 3.15. The van der Waals surface area contributed by atoms with Crippen molar-refractivity contribution >= 4 is 23.6 Å². The summed E-state index contributed by atoms with van der Waals surface area (Å²) < 4.78 is 24.3. The van der Waals surface area contributed by atoms with Crippen LogP contribution in [-0.4, -0.2) is 37.2 Å². The normalized spacial score (nSPS) is 20.5. The number of hydrogen-bond donors (Lipinski definition) is 1. The van der Waals surface area contributed by atoms with Gasteiger partial charge in [-0.3, -0.25) is 9.59 Å². The molecule has 2 atom stereocenters. The zero-order valence-electron chi connectivity index (χ0n) is 15.7. The van der Waals surface area contributed by atoms with Crippen molar-refractivity contribution < 1.29 is 28.6 Å². The number of phenols is 1. The van der Waals surface area contributed by atoms with Crippen LogP contribution in [0.3, 0.4) is 0 Å². The minimum absolute atomic E-state index is 0.0761. The highest BCUT2D eigenvalue weighted by atomic mass is 19.1. The maximum absolute atomic E-state index is 14.3. The van der Waals surface area contributed by atoms with E-state index in [1.54, 1.807) is 31.2 Å². The molecule has 3 rings (SSSR count). The van der Waals surface area contributed by atoms with E-state index >= 15 is 0 Å². The number of ether oxygens (including phenoxy) is 2. The second kappa shape index (κ2) is 7.72. The first-order chi connectivity index (χ1) is 13.4. The summed E-state index contributed by atoms with van der Waals surface area (Å²) in [5.41, 5.74) is 0.484. The van der Waals surface area contributed by atoms with E-state index in [9.17, 15) is 19.1 Å². The Morgan fingerprint density at radius 3 is 2.54 bits per heavy atom. The van der Waals surface area contributed by atoms with Gasteiger partial charge in [-0.1, -0.05) is 24.3 Å². The van der Waals surface area contributed by atoms with E-state index in [2.05, 4.69) is 0 Å². The lowest BCUT2D eigenvalue weighted by Crippen LogP contribution is -2.35. The molecule has 0 radical (unpaired) electrons. The van der Waals surface area contributed by atoms with Crippen molar-refractivity contribution in [1.29, 1.82) is 0 Å². The van der Waals surface area contributed by atoms with E-state index in [-0.39, 0.29) is 22.8 Å². The molecular formula is C21H20FNO5. The van der Waals surface area contributed by atoms with E-state index < -0.39 is 29.7 Å². The van der Waals surface area contributed by atoms with Crippen LogP contribution in [0.15, 0.2) is 48.0 Å². The second-order valence-corrected chi connectivity index (χ2v) is 6.37. The molecular weight excluding hydrogens is 365 g/mol. The van der Waals surface area contributed by atoms with Crippen molar-refractivity contribution in [3.05, 3.63) is 59.4 Å². The third kappa shape index (κ3) is 3.19. The number of benzene rings is 2. The largest absolute Gasteiger partial charge is 0.504 e. The maximum Gasteiger partial charge on any atom is 0.315 e. The molecule has 28 heavy (non-hydrogen) atoms. The van der Waals surface area contributed by atoms with Gasteiger partial charge in [0, 0.05) is 11.1 Å². The Bertz CT molecular complexity index is 956. The Balaban J connectivity index is 2.14. The number of esters is 1. The van der Waals surface area contributed by atoms with Gasteiger partial charge in [-0.15, -0.1) is 0 Å². The lowest BCUT2D eigenvalue weighted by atomic mass is 9.94. The van der Waals surface area contributed by atoms with Gasteiger partial charge < -0.3 is 19.5 Å². The number of carbonyl (C=O) groups excluding carboxylic acids is 2. The highest BCUT2D eigenvalue weighted by Gasteiger charge is 2.47. The first-order valence-corrected chi connectivity index (χ1v) is 8.64. The van der Waals surface area contributed by atoms with Crippen molar-refractivity contribution in [2.75, 3.05) is 19.1 Å². The van der Waals surface area contributed by atoms with E-state index in [4.69, 9.17) is 9.47 Å². The summed E-state index contributed by atoms with van der Waals surface area (Å²) in [6.07, 6.45) is 1.42. The van der Waals surface area contributed by atoms with Crippen molar-refractivity contribution in [2.45, 2.75) is 13.0 Å². The number of anilines is 1. The molecule has 1 aliphatic rings. The van der Waals surface area contributed by atoms with Crippen molar-refractivity contribution in [3.63, 3.8) is 0 Å². The number of nitrogens with zero attached hydrogens (tertiary/aromatic N) is 1. The maximum atomic E-state index is 14.3. The third-order valence-electron chi connectivity index (χ3n) is 4.82. The van der Waals surface area contributed by atoms with Gasteiger partial charge in [0.25, 0.3) is 5.91 Å². The minimum atomic E-state index is -0.942. The highest BCUT2D eigenvalue weighted by Crippen LogP contribution is 2.39. The standard InChI is InChI=1S/C21H20FNO5/c1-12-18(21(26)28-3)14(11-13-7-6-10-17(27-2)19(13)24)20(25)23(12)16-9-5-4-8-15(16)22/h4-12,18,24H,1-3H3/b14-11-. The van der Waals surface area contributed by atoms with Crippen LogP contribution in [-0.2, 0) is 14.3 Å². The quantitative estimate of drug-likeness (QED) is 0.646. The molecule has 2 unspecified atom stereocenters. The second-order valence-electron chi connectivity index (χ2n) is 6.37. The van der Waals surface area contributed by atoms with Gasteiger partial charge in [0.2, 0.25) is 0 Å². The molecule has 1 N–H and O–H groups in total. The van der Waals surface area contributed by atoms with E-state index in [1.165, 1.54) is 43.4 Å². The zero-order valence-corrected chi connectivity index (χ0v) is 15.7. The molecule has 1 heterocycles. The Morgan fingerprint density at radius 1 is 1.18 bits per heavy atom. The van der Waals surface area contributed by atoms with Gasteiger partial charge in [0.05, 0.1) is 25.9 Å². The van der Waals surface area contributed by atoms with Crippen molar-refractivity contribution in [2.24, 2.45) is 5.92 Å². The fourth-order valence-electron chi connectivity index (χ4n) is 3.43. The van der Waals surface area contributed by atoms with Crippen LogP contribution in [0.25, 0.3) is 6.08 Å². The van der Waals surface area contributed by atoms with E-state index in [1.807, 2.05) is 0 Å². The topological polar surface area (TPSA) is 76.1 Å². The van der Waals surface area contributed by atoms with Crippen LogP contribution in [0.5, 0.6) is 11.5 Å². The fourth-order valence-corrected chi connectivity index (χ4v) is 3.43.